The van der Waals surface area contributed by atoms with E-state index >= 15 is 0 Å². The molecule has 3 N–H and O–H groups in total. The number of benzene rings is 2. The zero-order valence-electron chi connectivity index (χ0n) is 10.2. The van der Waals surface area contributed by atoms with E-state index < -0.39 is 10.8 Å². The molecule has 0 aromatic heterocycles. The third-order valence-corrected chi connectivity index (χ3v) is 2.98. The maximum absolute atomic E-state index is 12.0. The normalized spacial score (nSPS) is 10.1. The predicted octanol–water partition coefficient (Wildman–Crippen LogP) is 3.19. The van der Waals surface area contributed by atoms with Crippen molar-refractivity contribution in [2.24, 2.45) is 0 Å². The molecule has 0 aliphatic rings. The van der Waals surface area contributed by atoms with Crippen molar-refractivity contribution in [1.82, 2.24) is 0 Å². The van der Waals surface area contributed by atoms with Crippen molar-refractivity contribution in [2.45, 2.75) is 0 Å². The number of nitro benzene ring substituents is 1. The molecule has 2 aromatic carbocycles. The van der Waals surface area contributed by atoms with Crippen LogP contribution in [0.5, 0.6) is 0 Å². The fraction of sp³-hybridized carbons (Fsp3) is 0. The highest BCUT2D eigenvalue weighted by Gasteiger charge is 2.13. The van der Waals surface area contributed by atoms with Crippen molar-refractivity contribution in [1.29, 1.82) is 0 Å². The molecule has 1 amide bonds. The van der Waals surface area contributed by atoms with Crippen LogP contribution < -0.4 is 11.1 Å². The summed E-state index contributed by atoms with van der Waals surface area (Å²) in [6.07, 6.45) is 0. The van der Waals surface area contributed by atoms with Crippen molar-refractivity contribution in [3.8, 4) is 0 Å². The van der Waals surface area contributed by atoms with Gasteiger partial charge in [0.05, 0.1) is 4.92 Å². The van der Waals surface area contributed by atoms with E-state index in [2.05, 4.69) is 21.2 Å². The van der Waals surface area contributed by atoms with Gasteiger partial charge in [-0.15, -0.1) is 0 Å². The minimum absolute atomic E-state index is 0.151. The summed E-state index contributed by atoms with van der Waals surface area (Å²) in [5.41, 5.74) is 6.74. The molecule has 0 heterocycles. The van der Waals surface area contributed by atoms with Gasteiger partial charge in [-0.1, -0.05) is 15.9 Å². The molecule has 6 nitrogen and oxygen atoms in total. The summed E-state index contributed by atoms with van der Waals surface area (Å²) >= 11 is 3.14. The smallest absolute Gasteiger partial charge is 0.271 e. The van der Waals surface area contributed by atoms with Crippen LogP contribution in [0.25, 0.3) is 0 Å². The van der Waals surface area contributed by atoms with Gasteiger partial charge < -0.3 is 11.1 Å². The van der Waals surface area contributed by atoms with Crippen molar-refractivity contribution < 1.29 is 9.72 Å². The SMILES string of the molecule is Nc1ccc(NC(=O)c2cc(Br)cc([N+](=O)[O-])c2)cc1. The summed E-state index contributed by atoms with van der Waals surface area (Å²) in [6.45, 7) is 0. The van der Waals surface area contributed by atoms with Crippen LogP contribution in [0.1, 0.15) is 10.4 Å². The van der Waals surface area contributed by atoms with E-state index in [1.807, 2.05) is 0 Å². The lowest BCUT2D eigenvalue weighted by molar-refractivity contribution is -0.384. The molecule has 0 bridgehead atoms. The Kier molecular flexibility index (Phi) is 3.99. The molecule has 0 saturated heterocycles. The highest BCUT2D eigenvalue weighted by atomic mass is 79.9. The number of amides is 1. The van der Waals surface area contributed by atoms with E-state index in [0.717, 1.165) is 0 Å². The van der Waals surface area contributed by atoms with Crippen LogP contribution in [-0.2, 0) is 0 Å². The molecular weight excluding hydrogens is 326 g/mol. The average molecular weight is 336 g/mol. The minimum atomic E-state index is -0.551. The molecule has 0 radical (unpaired) electrons. The fourth-order valence-electron chi connectivity index (χ4n) is 1.58. The quantitative estimate of drug-likeness (QED) is 0.511. The predicted molar refractivity (Wildman–Crippen MR) is 79.6 cm³/mol. The lowest BCUT2D eigenvalue weighted by atomic mass is 10.2. The molecule has 0 spiro atoms. The van der Waals surface area contributed by atoms with Crippen LogP contribution in [0, 0.1) is 10.1 Å². The van der Waals surface area contributed by atoms with Crippen LogP contribution in [0.3, 0.4) is 0 Å². The molecule has 102 valence electrons. The number of halogens is 1. The topological polar surface area (TPSA) is 98.3 Å². The number of carbonyl (C=O) groups excluding carboxylic acids is 1. The van der Waals surface area contributed by atoms with Gasteiger partial charge in [0.2, 0.25) is 0 Å². The highest BCUT2D eigenvalue weighted by molar-refractivity contribution is 9.10. The third kappa shape index (κ3) is 3.33. The maximum Gasteiger partial charge on any atom is 0.271 e. The van der Waals surface area contributed by atoms with E-state index in [0.29, 0.717) is 15.8 Å². The first-order valence-electron chi connectivity index (χ1n) is 5.57. The van der Waals surface area contributed by atoms with Crippen molar-refractivity contribution in [3.63, 3.8) is 0 Å². The van der Waals surface area contributed by atoms with Crippen molar-refractivity contribution >= 4 is 38.9 Å². The average Bonchev–Trinajstić information content (AvgIpc) is 2.40. The number of nitrogens with one attached hydrogen (secondary N) is 1. The highest BCUT2D eigenvalue weighted by Crippen LogP contribution is 2.22. The Morgan fingerprint density at radius 3 is 2.45 bits per heavy atom. The number of non-ortho nitro benzene ring substituents is 1. The first kappa shape index (κ1) is 14.0. The van der Waals surface area contributed by atoms with Crippen LogP contribution in [0.2, 0.25) is 0 Å². The summed E-state index contributed by atoms with van der Waals surface area (Å²) in [5.74, 6) is -0.431. The van der Waals surface area contributed by atoms with E-state index in [1.54, 1.807) is 24.3 Å². The molecule has 0 fully saturated rings. The van der Waals surface area contributed by atoms with Crippen LogP contribution >= 0.6 is 15.9 Å². The monoisotopic (exact) mass is 335 g/mol. The zero-order chi connectivity index (χ0) is 14.7. The second-order valence-corrected chi connectivity index (χ2v) is 4.95. The molecule has 0 aliphatic heterocycles. The second kappa shape index (κ2) is 5.70. The van der Waals surface area contributed by atoms with E-state index in [4.69, 9.17) is 5.73 Å². The first-order valence-corrected chi connectivity index (χ1v) is 6.37. The summed E-state index contributed by atoms with van der Waals surface area (Å²) in [4.78, 5) is 22.3. The molecule has 7 heteroatoms. The Bertz CT molecular complexity index is 671. The standard InChI is InChI=1S/C13H10BrN3O3/c14-9-5-8(6-12(7-9)17(19)20)13(18)16-11-3-1-10(15)2-4-11/h1-7H,15H2,(H,16,18). The number of anilines is 2. The summed E-state index contributed by atoms with van der Waals surface area (Å²) in [5, 5.41) is 13.4. The fourth-order valence-corrected chi connectivity index (χ4v) is 2.06. The van der Waals surface area contributed by atoms with Gasteiger partial charge in [0.15, 0.2) is 0 Å². The number of nitrogen functional groups attached to an aromatic ring is 1. The summed E-state index contributed by atoms with van der Waals surface area (Å²) in [6, 6.07) is 10.7. The summed E-state index contributed by atoms with van der Waals surface area (Å²) in [7, 11) is 0. The first-order chi connectivity index (χ1) is 9.45. The number of rotatable bonds is 3. The van der Waals surface area contributed by atoms with Crippen molar-refractivity contribution in [3.05, 3.63) is 62.6 Å². The van der Waals surface area contributed by atoms with E-state index in [-0.39, 0.29) is 11.3 Å². The Labute approximate surface area is 122 Å². The lowest BCUT2D eigenvalue weighted by Gasteiger charge is -2.06. The Morgan fingerprint density at radius 1 is 1.20 bits per heavy atom. The molecule has 0 atom stereocenters. The number of nitrogens with zero attached hydrogens (tertiary/aromatic N) is 1. The molecule has 0 unspecified atom stereocenters. The van der Waals surface area contributed by atoms with Gasteiger partial charge in [-0.3, -0.25) is 14.9 Å². The Morgan fingerprint density at radius 2 is 1.85 bits per heavy atom. The van der Waals surface area contributed by atoms with Gasteiger partial charge in [0.1, 0.15) is 0 Å². The number of hydrogen-bond donors (Lipinski definition) is 2. The van der Waals surface area contributed by atoms with Gasteiger partial charge in [-0.2, -0.15) is 0 Å². The third-order valence-electron chi connectivity index (χ3n) is 2.52. The van der Waals surface area contributed by atoms with Gasteiger partial charge >= 0.3 is 0 Å². The van der Waals surface area contributed by atoms with E-state index in [9.17, 15) is 14.9 Å². The van der Waals surface area contributed by atoms with E-state index in [1.165, 1.54) is 18.2 Å². The second-order valence-electron chi connectivity index (χ2n) is 4.03. The Hall–Kier alpha value is -2.41. The van der Waals surface area contributed by atoms with Crippen LogP contribution in [0.15, 0.2) is 46.9 Å². The lowest BCUT2D eigenvalue weighted by Crippen LogP contribution is -2.12. The maximum atomic E-state index is 12.0. The molecule has 20 heavy (non-hydrogen) atoms. The minimum Gasteiger partial charge on any atom is -0.399 e. The molecule has 2 rings (SSSR count). The summed E-state index contributed by atoms with van der Waals surface area (Å²) < 4.78 is 0.467. The largest absolute Gasteiger partial charge is 0.399 e. The number of hydrogen-bond acceptors (Lipinski definition) is 4. The van der Waals surface area contributed by atoms with Gasteiger partial charge in [0.25, 0.3) is 11.6 Å². The molecular formula is C13H10BrN3O3. The number of nitro groups is 1. The van der Waals surface area contributed by atoms with Gasteiger partial charge in [-0.25, -0.2) is 0 Å². The van der Waals surface area contributed by atoms with Crippen LogP contribution in [0.4, 0.5) is 17.1 Å². The van der Waals surface area contributed by atoms with Crippen molar-refractivity contribution in [2.75, 3.05) is 11.1 Å². The molecule has 2 aromatic rings. The number of carbonyl (C=O) groups is 1. The van der Waals surface area contributed by atoms with Crippen LogP contribution in [-0.4, -0.2) is 10.8 Å². The number of nitrogens with two attached hydrogens (primary N) is 1. The molecule has 0 aliphatic carbocycles. The zero-order valence-corrected chi connectivity index (χ0v) is 11.8. The van der Waals surface area contributed by atoms with Gasteiger partial charge in [0, 0.05) is 33.5 Å². The van der Waals surface area contributed by atoms with Gasteiger partial charge in [-0.05, 0) is 30.3 Å². The Balaban J connectivity index is 2.25. The molecule has 0 saturated carbocycles.